The number of hydrogen-bond donors (Lipinski definition) is 0. The van der Waals surface area contributed by atoms with Crippen molar-refractivity contribution >= 4 is 11.1 Å². The van der Waals surface area contributed by atoms with Crippen LogP contribution in [0.15, 0.2) is 97.1 Å². The second-order valence-corrected chi connectivity index (χ2v) is 8.18. The maximum atomic E-state index is 4.28. The molecule has 0 aromatic heterocycles. The van der Waals surface area contributed by atoms with Crippen molar-refractivity contribution in [3.8, 4) is 0 Å². The molecule has 0 saturated heterocycles. The summed E-state index contributed by atoms with van der Waals surface area (Å²) in [5, 5.41) is 0. The first kappa shape index (κ1) is 25.4. The highest BCUT2D eigenvalue weighted by atomic mass is 14.1. The van der Waals surface area contributed by atoms with Gasteiger partial charge in [0, 0.05) is 0 Å². The van der Waals surface area contributed by atoms with Crippen LogP contribution in [0, 0.1) is 0 Å². The minimum Gasteiger partial charge on any atom is -0.0958 e. The van der Waals surface area contributed by atoms with Crippen molar-refractivity contribution in [1.29, 1.82) is 0 Å². The maximum Gasteiger partial charge on any atom is -0.0187 e. The van der Waals surface area contributed by atoms with Gasteiger partial charge in [-0.05, 0) is 85.8 Å². The zero-order chi connectivity index (χ0) is 23.3. The Kier molecular flexibility index (Phi) is 10.7. The number of fused-ring (bicyclic) bond motifs is 4. The lowest BCUT2D eigenvalue weighted by Crippen LogP contribution is -1.95. The molecule has 2 aromatic rings. The monoisotopic (exact) mass is 424 g/mol. The summed E-state index contributed by atoms with van der Waals surface area (Å²) in [7, 11) is 0. The van der Waals surface area contributed by atoms with Gasteiger partial charge in [0.15, 0.2) is 0 Å². The molecule has 0 N–H and O–H groups in total. The van der Waals surface area contributed by atoms with Gasteiger partial charge in [0.2, 0.25) is 0 Å². The fourth-order valence-electron chi connectivity index (χ4n) is 4.03. The van der Waals surface area contributed by atoms with Crippen LogP contribution in [-0.2, 0) is 12.8 Å². The van der Waals surface area contributed by atoms with E-state index in [0.717, 1.165) is 49.7 Å². The Morgan fingerprint density at radius 1 is 0.656 bits per heavy atom. The van der Waals surface area contributed by atoms with Crippen LogP contribution in [0.2, 0.25) is 0 Å². The number of benzene rings is 2. The molecule has 0 spiro atoms. The van der Waals surface area contributed by atoms with E-state index >= 15 is 0 Å². The molecule has 1 aliphatic rings. The molecule has 0 unspecified atom stereocenters. The molecule has 3 rings (SSSR count). The number of aryl methyl sites for hydroxylation is 2. The average Bonchev–Trinajstić information content (AvgIpc) is 2.84. The van der Waals surface area contributed by atoms with Crippen LogP contribution >= 0.6 is 0 Å². The van der Waals surface area contributed by atoms with Gasteiger partial charge in [-0.25, -0.2) is 0 Å². The lowest BCUT2D eigenvalue weighted by atomic mass is 9.92. The summed E-state index contributed by atoms with van der Waals surface area (Å²) < 4.78 is 0. The van der Waals surface area contributed by atoms with Crippen molar-refractivity contribution in [2.24, 2.45) is 0 Å². The summed E-state index contributed by atoms with van der Waals surface area (Å²) >= 11 is 0. The molecule has 32 heavy (non-hydrogen) atoms. The van der Waals surface area contributed by atoms with Gasteiger partial charge in [-0.15, -0.1) is 0 Å². The normalized spacial score (nSPS) is 19.0. The summed E-state index contributed by atoms with van der Waals surface area (Å²) in [6, 6.07) is 17.8. The van der Waals surface area contributed by atoms with Gasteiger partial charge >= 0.3 is 0 Å². The van der Waals surface area contributed by atoms with Gasteiger partial charge in [0.05, 0.1) is 0 Å². The van der Waals surface area contributed by atoms with E-state index in [2.05, 4.69) is 99.8 Å². The lowest BCUT2D eigenvalue weighted by molar-refractivity contribution is 0.850. The van der Waals surface area contributed by atoms with E-state index in [1.165, 1.54) is 33.4 Å². The minimum absolute atomic E-state index is 0.959. The molecule has 168 valence electrons. The first-order chi connectivity index (χ1) is 15.6. The molecular formula is C32H40. The molecule has 0 saturated carbocycles. The summed E-state index contributed by atoms with van der Waals surface area (Å²) in [4.78, 5) is 0. The second kappa shape index (κ2) is 13.5. The molecule has 0 heterocycles. The van der Waals surface area contributed by atoms with Crippen LogP contribution in [0.3, 0.4) is 0 Å². The van der Waals surface area contributed by atoms with Crippen molar-refractivity contribution < 1.29 is 0 Å². The molecule has 0 amide bonds. The molecule has 0 heteroatoms. The van der Waals surface area contributed by atoms with Crippen molar-refractivity contribution in [1.82, 2.24) is 0 Å². The lowest BCUT2D eigenvalue weighted by Gasteiger charge is -2.13. The van der Waals surface area contributed by atoms with Gasteiger partial charge in [0.1, 0.15) is 0 Å². The van der Waals surface area contributed by atoms with Crippen molar-refractivity contribution in [2.45, 2.75) is 66.2 Å². The zero-order valence-corrected chi connectivity index (χ0v) is 20.6. The highest BCUT2D eigenvalue weighted by Gasteiger charge is 2.07. The third-order valence-corrected chi connectivity index (χ3v) is 6.06. The predicted octanol–water partition coefficient (Wildman–Crippen LogP) is 9.55. The summed E-state index contributed by atoms with van der Waals surface area (Å²) in [6.07, 6.45) is 15.2. The predicted molar refractivity (Wildman–Crippen MR) is 145 cm³/mol. The van der Waals surface area contributed by atoms with Gasteiger partial charge in [0.25, 0.3) is 0 Å². The summed E-state index contributed by atoms with van der Waals surface area (Å²) in [5.74, 6) is 0. The van der Waals surface area contributed by atoms with E-state index in [4.69, 9.17) is 0 Å². The SMILES string of the molecule is C=C1/C=C\C(=C)c2cccc(c2)CC/C(=C\C)CCC(=CC)c2cccc(c2)CC1.CC. The van der Waals surface area contributed by atoms with Gasteiger partial charge in [-0.2, -0.15) is 0 Å². The van der Waals surface area contributed by atoms with Gasteiger partial charge < -0.3 is 0 Å². The highest BCUT2D eigenvalue weighted by Crippen LogP contribution is 2.26. The molecule has 0 atom stereocenters. The Morgan fingerprint density at radius 2 is 1.25 bits per heavy atom. The molecule has 0 fully saturated rings. The molecule has 1 aliphatic carbocycles. The fourth-order valence-corrected chi connectivity index (χ4v) is 4.03. The Balaban J connectivity index is 0.00000176. The second-order valence-electron chi connectivity index (χ2n) is 8.18. The van der Waals surface area contributed by atoms with E-state index < -0.39 is 0 Å². The van der Waals surface area contributed by atoms with E-state index in [9.17, 15) is 0 Å². The molecule has 2 aromatic carbocycles. The van der Waals surface area contributed by atoms with E-state index in [-0.39, 0.29) is 0 Å². The number of allylic oxidation sites excluding steroid dienone is 8. The summed E-state index contributed by atoms with van der Waals surface area (Å²) in [5.41, 5.74) is 10.5. The van der Waals surface area contributed by atoms with Crippen molar-refractivity contribution in [3.63, 3.8) is 0 Å². The molecule has 0 radical (unpaired) electrons. The summed E-state index contributed by atoms with van der Waals surface area (Å²) in [6.45, 7) is 16.9. The fraction of sp³-hybridized carbons (Fsp3) is 0.312. The smallest absolute Gasteiger partial charge is 0.0187 e. The standard InChI is InChI=1S/C30H34.C2H6/c1-5-25-17-18-27-9-7-11-29(21-27)24(4)15-13-23(3)14-16-26-10-8-12-30(22-26)28(6-2)20-19-25;1-2/h5-13,15,21-22H,3-4,14,16-20H2,1-2H3;1-2H3/b15-13-,25-5+,28-6?;. The average molecular weight is 425 g/mol. The molecule has 0 nitrogen and oxygen atoms in total. The number of rotatable bonds is 0. The molecule has 0 aliphatic heterocycles. The Morgan fingerprint density at radius 3 is 1.91 bits per heavy atom. The Hall–Kier alpha value is -2.86. The Labute approximate surface area is 196 Å². The third-order valence-electron chi connectivity index (χ3n) is 6.06. The van der Waals surface area contributed by atoms with Gasteiger partial charge in [-0.3, -0.25) is 0 Å². The van der Waals surface area contributed by atoms with Crippen LogP contribution < -0.4 is 0 Å². The van der Waals surface area contributed by atoms with E-state index in [1.807, 2.05) is 13.8 Å². The molecular weight excluding hydrogens is 384 g/mol. The van der Waals surface area contributed by atoms with Crippen molar-refractivity contribution in [3.05, 3.63) is 119 Å². The van der Waals surface area contributed by atoms with Crippen LogP contribution in [-0.4, -0.2) is 0 Å². The number of hydrogen-bond acceptors (Lipinski definition) is 0. The van der Waals surface area contributed by atoms with Gasteiger partial charge in [-0.1, -0.05) is 111 Å². The first-order valence-corrected chi connectivity index (χ1v) is 12.1. The largest absolute Gasteiger partial charge is 0.0958 e. The Bertz CT molecular complexity index is 994. The van der Waals surface area contributed by atoms with Crippen LogP contribution in [0.5, 0.6) is 0 Å². The quantitative estimate of drug-likeness (QED) is 0.369. The van der Waals surface area contributed by atoms with Crippen LogP contribution in [0.25, 0.3) is 11.1 Å². The molecule has 4 bridgehead atoms. The first-order valence-electron chi connectivity index (χ1n) is 12.1. The van der Waals surface area contributed by atoms with Crippen LogP contribution in [0.4, 0.5) is 0 Å². The van der Waals surface area contributed by atoms with E-state index in [0.29, 0.717) is 0 Å². The topological polar surface area (TPSA) is 0 Å². The highest BCUT2D eigenvalue weighted by molar-refractivity contribution is 5.73. The minimum atomic E-state index is 0.959. The van der Waals surface area contributed by atoms with E-state index in [1.54, 1.807) is 0 Å². The maximum absolute atomic E-state index is 4.28. The zero-order valence-electron chi connectivity index (χ0n) is 20.6. The third kappa shape index (κ3) is 7.68. The van der Waals surface area contributed by atoms with Crippen LogP contribution in [0.1, 0.15) is 75.6 Å². The van der Waals surface area contributed by atoms with Crippen molar-refractivity contribution in [2.75, 3.05) is 0 Å².